The van der Waals surface area contributed by atoms with E-state index in [2.05, 4.69) is 41.5 Å². The molecule has 4 aromatic rings. The summed E-state index contributed by atoms with van der Waals surface area (Å²) in [6.07, 6.45) is 4.39. The average molecular weight is 578 g/mol. The van der Waals surface area contributed by atoms with E-state index in [4.69, 9.17) is 4.74 Å². The number of hydrogen-bond acceptors (Lipinski definition) is 10. The van der Waals surface area contributed by atoms with Crippen molar-refractivity contribution < 1.29 is 13.7 Å². The zero-order valence-electron chi connectivity index (χ0n) is 24.1. The lowest BCUT2D eigenvalue weighted by atomic mass is 10.2. The maximum absolute atomic E-state index is 13.1. The van der Waals surface area contributed by atoms with Crippen molar-refractivity contribution in [3.05, 3.63) is 61.3 Å². The van der Waals surface area contributed by atoms with Crippen LogP contribution in [0.4, 0.5) is 23.0 Å². The van der Waals surface area contributed by atoms with Crippen molar-refractivity contribution in [3.63, 3.8) is 0 Å². The summed E-state index contributed by atoms with van der Waals surface area (Å²) >= 11 is 0. The first-order valence-corrected chi connectivity index (χ1v) is 14.7. The highest BCUT2D eigenvalue weighted by atomic mass is 32.2. The third-order valence-corrected chi connectivity index (χ3v) is 8.14. The second kappa shape index (κ2) is 12.4. The van der Waals surface area contributed by atoms with Crippen LogP contribution < -0.4 is 20.3 Å². The van der Waals surface area contributed by atoms with Crippen LogP contribution in [0.2, 0.25) is 0 Å². The van der Waals surface area contributed by atoms with E-state index in [9.17, 15) is 9.00 Å². The summed E-state index contributed by atoms with van der Waals surface area (Å²) in [5, 5.41) is 11.9. The highest BCUT2D eigenvalue weighted by Gasteiger charge is 2.20. The Bertz CT molecular complexity index is 1710. The van der Waals surface area contributed by atoms with Gasteiger partial charge in [-0.05, 0) is 38.4 Å². The SMILES string of the molecule is C=CC(=O)Nc1cc(Nc2nccc(-n3nc(S(C)(=O)=NC)c4ccccc43)n2)c(OC)cc1N(C)CCN(C)C. The molecule has 0 spiro atoms. The summed E-state index contributed by atoms with van der Waals surface area (Å²) < 4.78 is 24.5. The van der Waals surface area contributed by atoms with E-state index in [0.29, 0.717) is 28.0 Å². The Morgan fingerprint density at radius 1 is 1.17 bits per heavy atom. The van der Waals surface area contributed by atoms with Crippen molar-refractivity contribution >= 4 is 49.5 Å². The first-order chi connectivity index (χ1) is 19.6. The molecule has 216 valence electrons. The van der Waals surface area contributed by atoms with Crippen LogP contribution >= 0.6 is 0 Å². The molecule has 4 rings (SSSR count). The predicted octanol–water partition coefficient (Wildman–Crippen LogP) is 3.78. The molecule has 0 fully saturated rings. The maximum Gasteiger partial charge on any atom is 0.247 e. The van der Waals surface area contributed by atoms with Crippen molar-refractivity contribution in [2.75, 3.05) is 70.2 Å². The van der Waals surface area contributed by atoms with E-state index < -0.39 is 9.73 Å². The fourth-order valence-electron chi connectivity index (χ4n) is 4.13. The fraction of sp³-hybridized carbons (Fsp3) is 0.286. The number of para-hydroxylation sites is 1. The van der Waals surface area contributed by atoms with Crippen LogP contribution in [0.1, 0.15) is 0 Å². The molecule has 1 unspecified atom stereocenters. The van der Waals surface area contributed by atoms with E-state index in [1.165, 1.54) is 13.1 Å². The minimum atomic E-state index is -2.70. The maximum atomic E-state index is 13.1. The summed E-state index contributed by atoms with van der Waals surface area (Å²) in [5.41, 5.74) is 2.63. The number of rotatable bonds is 11. The molecule has 1 amide bonds. The van der Waals surface area contributed by atoms with Crippen molar-refractivity contribution in [3.8, 4) is 11.6 Å². The Labute approximate surface area is 240 Å². The summed E-state index contributed by atoms with van der Waals surface area (Å²) in [6, 6.07) is 12.8. The average Bonchev–Trinajstić information content (AvgIpc) is 3.37. The second-order valence-electron chi connectivity index (χ2n) is 9.57. The van der Waals surface area contributed by atoms with Gasteiger partial charge in [0.05, 0.1) is 39.4 Å². The van der Waals surface area contributed by atoms with Gasteiger partial charge in [0, 0.05) is 57.2 Å². The van der Waals surface area contributed by atoms with E-state index in [1.54, 1.807) is 36.4 Å². The molecule has 12 nitrogen and oxygen atoms in total. The molecular formula is C28H35N9O3S. The number of nitrogens with zero attached hydrogens (tertiary/aromatic N) is 7. The third kappa shape index (κ3) is 6.47. The number of fused-ring (bicyclic) bond motifs is 1. The fourth-order valence-corrected chi connectivity index (χ4v) is 5.12. The number of likely N-dealkylation sites (N-methyl/N-ethyl adjacent to an activating group) is 2. The van der Waals surface area contributed by atoms with Gasteiger partial charge in [0.25, 0.3) is 0 Å². The van der Waals surface area contributed by atoms with Gasteiger partial charge in [-0.3, -0.25) is 4.79 Å². The zero-order chi connectivity index (χ0) is 29.7. The van der Waals surface area contributed by atoms with E-state index in [1.807, 2.05) is 56.4 Å². The van der Waals surface area contributed by atoms with Gasteiger partial charge in [0.2, 0.25) is 11.9 Å². The number of anilines is 4. The van der Waals surface area contributed by atoms with Crippen LogP contribution in [0.15, 0.2) is 70.7 Å². The van der Waals surface area contributed by atoms with E-state index >= 15 is 0 Å². The summed E-state index contributed by atoms with van der Waals surface area (Å²) in [7, 11) is 6.35. The number of amides is 1. The molecule has 2 aromatic heterocycles. The van der Waals surface area contributed by atoms with Crippen LogP contribution in [0.5, 0.6) is 5.75 Å². The van der Waals surface area contributed by atoms with Gasteiger partial charge >= 0.3 is 0 Å². The third-order valence-electron chi connectivity index (χ3n) is 6.42. The number of carbonyl (C=O) groups excluding carboxylic acids is 1. The Morgan fingerprint density at radius 3 is 2.61 bits per heavy atom. The van der Waals surface area contributed by atoms with Crippen LogP contribution in [0.25, 0.3) is 16.7 Å². The molecule has 41 heavy (non-hydrogen) atoms. The van der Waals surface area contributed by atoms with Crippen molar-refractivity contribution in [1.29, 1.82) is 0 Å². The lowest BCUT2D eigenvalue weighted by Gasteiger charge is -2.26. The monoisotopic (exact) mass is 577 g/mol. The van der Waals surface area contributed by atoms with E-state index in [0.717, 1.165) is 29.7 Å². The lowest BCUT2D eigenvalue weighted by molar-refractivity contribution is -0.111. The number of aromatic nitrogens is 4. The summed E-state index contributed by atoms with van der Waals surface area (Å²) in [5.74, 6) is 0.934. The number of nitrogens with one attached hydrogen (secondary N) is 2. The highest BCUT2D eigenvalue weighted by Crippen LogP contribution is 2.38. The highest BCUT2D eigenvalue weighted by molar-refractivity contribution is 7.93. The van der Waals surface area contributed by atoms with Crippen LogP contribution in [0.3, 0.4) is 0 Å². The van der Waals surface area contributed by atoms with Gasteiger partial charge in [-0.15, -0.1) is 0 Å². The quantitative estimate of drug-likeness (QED) is 0.256. The normalized spacial score (nSPS) is 12.6. The molecule has 2 heterocycles. The zero-order valence-corrected chi connectivity index (χ0v) is 24.9. The Hall–Kier alpha value is -4.49. The smallest absolute Gasteiger partial charge is 0.247 e. The standard InChI is InChI=1S/C28H35N9O3S/c1-8-26(38)31-20-17-21(24(40-6)18-23(20)36(5)16-15-35(3)4)32-28-30-14-13-25(33-28)37-22-12-10-9-11-19(22)27(34-37)41(7,39)29-2/h8-14,17-18H,1,15-16H2,2-7H3,(H,31,38)(H,30,32,33). The summed E-state index contributed by atoms with van der Waals surface area (Å²) in [6.45, 7) is 5.11. The number of ether oxygens (including phenoxy) is 1. The van der Waals surface area contributed by atoms with Crippen molar-refractivity contribution in [2.24, 2.45) is 4.36 Å². The molecular weight excluding hydrogens is 542 g/mol. The molecule has 0 saturated carbocycles. The first kappa shape index (κ1) is 29.5. The largest absolute Gasteiger partial charge is 0.494 e. The predicted molar refractivity (Wildman–Crippen MR) is 164 cm³/mol. The molecule has 0 saturated heterocycles. The van der Waals surface area contributed by atoms with Gasteiger partial charge < -0.3 is 25.2 Å². The number of benzene rings is 2. The molecule has 13 heteroatoms. The molecule has 2 aromatic carbocycles. The molecule has 0 aliphatic heterocycles. The lowest BCUT2D eigenvalue weighted by Crippen LogP contribution is -2.29. The Kier molecular flexibility index (Phi) is 8.89. The Morgan fingerprint density at radius 2 is 1.93 bits per heavy atom. The van der Waals surface area contributed by atoms with Gasteiger partial charge in [-0.1, -0.05) is 18.7 Å². The Balaban J connectivity index is 1.76. The molecule has 0 aliphatic rings. The number of carbonyl (C=O) groups is 1. The molecule has 0 aliphatic carbocycles. The molecule has 2 N–H and O–H groups in total. The topological polar surface area (TPSA) is 130 Å². The first-order valence-electron chi connectivity index (χ1n) is 12.8. The van der Waals surface area contributed by atoms with Crippen LogP contribution in [-0.4, -0.2) is 89.4 Å². The number of methoxy groups -OCH3 is 1. The van der Waals surface area contributed by atoms with Gasteiger partial charge in [0.1, 0.15) is 5.75 Å². The van der Waals surface area contributed by atoms with E-state index in [-0.39, 0.29) is 11.9 Å². The molecule has 0 radical (unpaired) electrons. The van der Waals surface area contributed by atoms with Gasteiger partial charge in [-0.25, -0.2) is 18.2 Å². The van der Waals surface area contributed by atoms with Gasteiger partial charge in [0.15, 0.2) is 10.8 Å². The minimum absolute atomic E-state index is 0.272. The second-order valence-corrected chi connectivity index (χ2v) is 11.9. The van der Waals surface area contributed by atoms with Crippen LogP contribution in [0, 0.1) is 0 Å². The van der Waals surface area contributed by atoms with Gasteiger partial charge in [-0.2, -0.15) is 10.1 Å². The van der Waals surface area contributed by atoms with Crippen LogP contribution in [-0.2, 0) is 14.5 Å². The molecule has 0 bridgehead atoms. The van der Waals surface area contributed by atoms with Crippen molar-refractivity contribution in [1.82, 2.24) is 24.6 Å². The summed E-state index contributed by atoms with van der Waals surface area (Å²) in [4.78, 5) is 25.5. The number of hydrogen-bond donors (Lipinski definition) is 2. The minimum Gasteiger partial charge on any atom is -0.494 e. The molecule has 1 atom stereocenters. The van der Waals surface area contributed by atoms with Crippen molar-refractivity contribution in [2.45, 2.75) is 5.03 Å².